The number of aliphatic carboxylic acids is 1. The van der Waals surface area contributed by atoms with Gasteiger partial charge in [-0.15, -0.1) is 0 Å². The molecular formula is C25H28FNO2. The highest BCUT2D eigenvalue weighted by atomic mass is 19.1. The second-order valence-corrected chi connectivity index (χ2v) is 8.56. The highest BCUT2D eigenvalue weighted by Gasteiger charge is 2.55. The lowest BCUT2D eigenvalue weighted by Crippen LogP contribution is -2.35. The number of carboxylic acids is 1. The van der Waals surface area contributed by atoms with E-state index in [4.69, 9.17) is 0 Å². The maximum atomic E-state index is 13.5. The van der Waals surface area contributed by atoms with Gasteiger partial charge in [0, 0.05) is 17.2 Å². The normalized spacial score (nSPS) is 29.1. The van der Waals surface area contributed by atoms with E-state index >= 15 is 0 Å². The van der Waals surface area contributed by atoms with E-state index in [0.29, 0.717) is 11.8 Å². The van der Waals surface area contributed by atoms with Crippen LogP contribution in [0.2, 0.25) is 0 Å². The Morgan fingerprint density at radius 1 is 1.24 bits per heavy atom. The van der Waals surface area contributed by atoms with Crippen LogP contribution in [0, 0.1) is 29.0 Å². The molecule has 1 N–H and O–H groups in total. The predicted octanol–water partition coefficient (Wildman–Crippen LogP) is 6.21. The Morgan fingerprint density at radius 3 is 2.76 bits per heavy atom. The Balaban J connectivity index is 1.61. The quantitative estimate of drug-likeness (QED) is 0.657. The molecule has 1 heterocycles. The molecule has 0 saturated heterocycles. The number of carbonyl (C=O) groups is 1. The number of hydrogen-bond donors (Lipinski definition) is 1. The number of carboxylic acid groups (broad SMARTS) is 1. The fraction of sp³-hybridized carbons (Fsp3) is 0.440. The predicted molar refractivity (Wildman–Crippen MR) is 113 cm³/mol. The minimum Gasteiger partial charge on any atom is -0.481 e. The van der Waals surface area contributed by atoms with Gasteiger partial charge in [-0.25, -0.2) is 4.39 Å². The maximum absolute atomic E-state index is 13.5. The van der Waals surface area contributed by atoms with Crippen LogP contribution in [0.5, 0.6) is 0 Å². The van der Waals surface area contributed by atoms with Crippen molar-refractivity contribution >= 4 is 12.0 Å². The van der Waals surface area contributed by atoms with Crippen LogP contribution in [-0.2, 0) is 4.79 Å². The summed E-state index contributed by atoms with van der Waals surface area (Å²) in [5, 5.41) is 9.93. The van der Waals surface area contributed by atoms with Crippen molar-refractivity contribution in [1.82, 2.24) is 4.98 Å². The van der Waals surface area contributed by atoms with Gasteiger partial charge in [0.05, 0.1) is 11.6 Å². The van der Waals surface area contributed by atoms with Gasteiger partial charge in [0.25, 0.3) is 0 Å². The molecule has 29 heavy (non-hydrogen) atoms. The van der Waals surface area contributed by atoms with Gasteiger partial charge in [0.1, 0.15) is 5.82 Å². The fourth-order valence-electron chi connectivity index (χ4n) is 5.76. The summed E-state index contributed by atoms with van der Waals surface area (Å²) in [5.41, 5.74) is 2.18. The Kier molecular flexibility index (Phi) is 5.53. The molecule has 152 valence electrons. The summed E-state index contributed by atoms with van der Waals surface area (Å²) in [6.45, 7) is 2.12. The summed E-state index contributed by atoms with van der Waals surface area (Å²) < 4.78 is 13.5. The lowest BCUT2D eigenvalue weighted by Gasteiger charge is -2.39. The van der Waals surface area contributed by atoms with E-state index in [9.17, 15) is 14.3 Å². The van der Waals surface area contributed by atoms with Gasteiger partial charge in [0.15, 0.2) is 0 Å². The summed E-state index contributed by atoms with van der Waals surface area (Å²) in [7, 11) is 0. The van der Waals surface area contributed by atoms with Crippen LogP contribution in [0.4, 0.5) is 4.39 Å². The van der Waals surface area contributed by atoms with Gasteiger partial charge in [-0.3, -0.25) is 9.78 Å². The summed E-state index contributed by atoms with van der Waals surface area (Å²) >= 11 is 0. The van der Waals surface area contributed by atoms with Gasteiger partial charge in [-0.05, 0) is 60.9 Å². The first kappa shape index (κ1) is 19.8. The van der Waals surface area contributed by atoms with Crippen LogP contribution in [0.3, 0.4) is 0 Å². The zero-order valence-electron chi connectivity index (χ0n) is 16.9. The molecule has 2 aliphatic carbocycles. The van der Waals surface area contributed by atoms with E-state index in [1.807, 2.05) is 24.3 Å². The van der Waals surface area contributed by atoms with Gasteiger partial charge >= 0.3 is 5.97 Å². The molecule has 0 radical (unpaired) electrons. The molecule has 1 aromatic heterocycles. The largest absolute Gasteiger partial charge is 0.481 e. The first-order valence-corrected chi connectivity index (χ1v) is 10.7. The molecule has 2 aromatic rings. The number of halogens is 1. The molecule has 2 aliphatic rings. The third-order valence-corrected chi connectivity index (χ3v) is 7.21. The second kappa shape index (κ2) is 8.10. The van der Waals surface area contributed by atoms with Crippen molar-refractivity contribution in [3.05, 3.63) is 60.2 Å². The highest BCUT2D eigenvalue weighted by Crippen LogP contribution is 2.59. The van der Waals surface area contributed by atoms with Gasteiger partial charge in [-0.2, -0.15) is 0 Å². The van der Waals surface area contributed by atoms with Crippen molar-refractivity contribution in [1.29, 1.82) is 0 Å². The van der Waals surface area contributed by atoms with E-state index in [-0.39, 0.29) is 17.2 Å². The SMILES string of the molecule is CC[C@@]1(C=Cc2ccc(-c3cccc(F)c3)cn2)[C@@H](C(=O)O)C[C@H]2CCCC[C@H]21. The van der Waals surface area contributed by atoms with Crippen LogP contribution in [-0.4, -0.2) is 16.1 Å². The molecular weight excluding hydrogens is 365 g/mol. The fourth-order valence-corrected chi connectivity index (χ4v) is 5.76. The van der Waals surface area contributed by atoms with Crippen molar-refractivity contribution in [2.24, 2.45) is 23.2 Å². The zero-order valence-corrected chi connectivity index (χ0v) is 16.9. The molecule has 0 bridgehead atoms. The van der Waals surface area contributed by atoms with E-state index in [1.54, 1.807) is 12.3 Å². The highest BCUT2D eigenvalue weighted by molar-refractivity contribution is 5.73. The number of pyridine rings is 1. The van der Waals surface area contributed by atoms with E-state index < -0.39 is 5.97 Å². The average molecular weight is 394 g/mol. The smallest absolute Gasteiger partial charge is 0.307 e. The van der Waals surface area contributed by atoms with Crippen LogP contribution in [0.1, 0.15) is 51.1 Å². The number of hydrogen-bond acceptors (Lipinski definition) is 2. The van der Waals surface area contributed by atoms with E-state index in [0.717, 1.165) is 42.5 Å². The maximum Gasteiger partial charge on any atom is 0.307 e. The molecule has 0 spiro atoms. The van der Waals surface area contributed by atoms with Gasteiger partial charge in [0.2, 0.25) is 0 Å². The standard InChI is InChI=1S/C25H28FNO2/c1-2-25(22-9-4-3-6-18(22)15-23(25)24(28)29)13-12-21-11-10-19(16-27-21)17-7-5-8-20(26)14-17/h5,7-8,10-14,16,18,22-23H,2-4,6,9,15H2,1H3,(H,28,29)/t18-,22-,23-,25+/m1/s1. The molecule has 4 rings (SSSR count). The molecule has 3 nitrogen and oxygen atoms in total. The number of allylic oxidation sites excluding steroid dienone is 1. The van der Waals surface area contributed by atoms with Crippen LogP contribution < -0.4 is 0 Å². The molecule has 2 saturated carbocycles. The minimum absolute atomic E-state index is 0.264. The minimum atomic E-state index is -0.666. The van der Waals surface area contributed by atoms with E-state index in [2.05, 4.69) is 18.0 Å². The molecule has 4 atom stereocenters. The number of rotatable bonds is 5. The third kappa shape index (κ3) is 3.73. The van der Waals surface area contributed by atoms with Crippen molar-refractivity contribution < 1.29 is 14.3 Å². The lowest BCUT2D eigenvalue weighted by molar-refractivity contribution is -0.145. The molecule has 0 amide bonds. The molecule has 0 unspecified atom stereocenters. The van der Waals surface area contributed by atoms with Crippen LogP contribution >= 0.6 is 0 Å². The molecule has 2 fully saturated rings. The van der Waals surface area contributed by atoms with Crippen molar-refractivity contribution in [2.45, 2.75) is 45.4 Å². The Hall–Kier alpha value is -2.49. The number of benzene rings is 1. The first-order valence-electron chi connectivity index (χ1n) is 10.7. The molecule has 0 aliphatic heterocycles. The number of fused-ring (bicyclic) bond motifs is 1. The van der Waals surface area contributed by atoms with Gasteiger partial charge < -0.3 is 5.11 Å². The molecule has 1 aromatic carbocycles. The van der Waals surface area contributed by atoms with Crippen molar-refractivity contribution in [2.75, 3.05) is 0 Å². The van der Waals surface area contributed by atoms with Crippen molar-refractivity contribution in [3.8, 4) is 11.1 Å². The van der Waals surface area contributed by atoms with Gasteiger partial charge in [-0.1, -0.05) is 50.5 Å². The average Bonchev–Trinajstić information content (AvgIpc) is 3.08. The summed E-state index contributed by atoms with van der Waals surface area (Å²) in [4.78, 5) is 16.6. The summed E-state index contributed by atoms with van der Waals surface area (Å²) in [6.07, 6.45) is 12.2. The first-order chi connectivity index (χ1) is 14.0. The Morgan fingerprint density at radius 2 is 2.07 bits per heavy atom. The molecule has 4 heteroatoms. The lowest BCUT2D eigenvalue weighted by atomic mass is 9.65. The van der Waals surface area contributed by atoms with Crippen LogP contribution in [0.25, 0.3) is 17.2 Å². The topological polar surface area (TPSA) is 50.2 Å². The number of nitrogens with zero attached hydrogens (tertiary/aromatic N) is 1. The van der Waals surface area contributed by atoms with E-state index in [1.165, 1.54) is 25.0 Å². The Labute approximate surface area is 171 Å². The summed E-state index contributed by atoms with van der Waals surface area (Å²) in [6, 6.07) is 10.3. The summed E-state index contributed by atoms with van der Waals surface area (Å²) in [5.74, 6) is -0.272. The third-order valence-electron chi connectivity index (χ3n) is 7.21. The van der Waals surface area contributed by atoms with Crippen molar-refractivity contribution in [3.63, 3.8) is 0 Å². The van der Waals surface area contributed by atoms with Crippen LogP contribution in [0.15, 0.2) is 48.7 Å². The monoisotopic (exact) mass is 393 g/mol. The Bertz CT molecular complexity index is 907. The number of aromatic nitrogens is 1. The second-order valence-electron chi connectivity index (χ2n) is 8.56. The zero-order chi connectivity index (χ0) is 20.4.